The Labute approximate surface area is 99.4 Å². The van der Waals surface area contributed by atoms with Gasteiger partial charge in [0.05, 0.1) is 12.8 Å². The molecule has 0 saturated carbocycles. The van der Waals surface area contributed by atoms with Crippen LogP contribution in [0.5, 0.6) is 5.75 Å². The van der Waals surface area contributed by atoms with Crippen molar-refractivity contribution in [2.45, 2.75) is 25.8 Å². The minimum atomic E-state index is 0.633. The fourth-order valence-electron chi connectivity index (χ4n) is 2.13. The maximum absolute atomic E-state index is 5.26. The van der Waals surface area contributed by atoms with Gasteiger partial charge in [-0.15, -0.1) is 0 Å². The van der Waals surface area contributed by atoms with E-state index in [0.717, 1.165) is 16.8 Å². The molecule has 1 aliphatic rings. The molecule has 0 spiro atoms. The molecule has 1 aromatic carbocycles. The van der Waals surface area contributed by atoms with E-state index < -0.39 is 0 Å². The highest BCUT2D eigenvalue weighted by Crippen LogP contribution is 2.34. The van der Waals surface area contributed by atoms with Crippen LogP contribution >= 0.6 is 15.9 Å². The zero-order valence-corrected chi connectivity index (χ0v) is 10.8. The molecule has 1 atom stereocenters. The molecule has 1 aliphatic heterocycles. The standard InChI is InChI=1S/C12H16BrNO/c1-9-4-3-7-14(9)12-8-10(15-2)5-6-11(12)13/h5-6,8-9H,3-4,7H2,1-2H3. The smallest absolute Gasteiger partial charge is 0.121 e. The summed E-state index contributed by atoms with van der Waals surface area (Å²) in [7, 11) is 1.71. The van der Waals surface area contributed by atoms with Gasteiger partial charge in [0.25, 0.3) is 0 Å². The number of benzene rings is 1. The van der Waals surface area contributed by atoms with Gasteiger partial charge in [-0.3, -0.25) is 0 Å². The van der Waals surface area contributed by atoms with Gasteiger partial charge < -0.3 is 9.64 Å². The average Bonchev–Trinajstić information content (AvgIpc) is 2.65. The van der Waals surface area contributed by atoms with Crippen molar-refractivity contribution in [3.63, 3.8) is 0 Å². The number of halogens is 1. The highest BCUT2D eigenvalue weighted by Gasteiger charge is 2.22. The number of hydrogen-bond donors (Lipinski definition) is 0. The third-order valence-corrected chi connectivity index (χ3v) is 3.69. The third-order valence-electron chi connectivity index (χ3n) is 3.02. The molecular formula is C12H16BrNO. The maximum Gasteiger partial charge on any atom is 0.121 e. The minimum absolute atomic E-state index is 0.633. The van der Waals surface area contributed by atoms with E-state index in [2.05, 4.69) is 39.9 Å². The van der Waals surface area contributed by atoms with E-state index in [9.17, 15) is 0 Å². The number of anilines is 1. The van der Waals surface area contributed by atoms with Crippen LogP contribution in [0.15, 0.2) is 22.7 Å². The normalized spacial score (nSPS) is 20.7. The van der Waals surface area contributed by atoms with Crippen LogP contribution < -0.4 is 9.64 Å². The summed E-state index contributed by atoms with van der Waals surface area (Å²) in [6.45, 7) is 3.42. The van der Waals surface area contributed by atoms with Crippen LogP contribution in [-0.2, 0) is 0 Å². The highest BCUT2D eigenvalue weighted by molar-refractivity contribution is 9.10. The van der Waals surface area contributed by atoms with Crippen molar-refractivity contribution >= 4 is 21.6 Å². The molecule has 1 heterocycles. The molecule has 2 nitrogen and oxygen atoms in total. The van der Waals surface area contributed by atoms with Crippen LogP contribution in [0.3, 0.4) is 0 Å². The summed E-state index contributed by atoms with van der Waals surface area (Å²) < 4.78 is 6.41. The fraction of sp³-hybridized carbons (Fsp3) is 0.500. The molecule has 0 N–H and O–H groups in total. The number of methoxy groups -OCH3 is 1. The second-order valence-electron chi connectivity index (χ2n) is 4.00. The van der Waals surface area contributed by atoms with Gasteiger partial charge in [0.1, 0.15) is 5.75 Å². The minimum Gasteiger partial charge on any atom is -0.497 e. The first kappa shape index (κ1) is 10.8. The Morgan fingerprint density at radius 1 is 1.47 bits per heavy atom. The van der Waals surface area contributed by atoms with Crippen LogP contribution in [-0.4, -0.2) is 19.7 Å². The topological polar surface area (TPSA) is 12.5 Å². The van der Waals surface area contributed by atoms with E-state index in [1.165, 1.54) is 18.5 Å². The Balaban J connectivity index is 2.33. The third kappa shape index (κ3) is 2.12. The van der Waals surface area contributed by atoms with Crippen molar-refractivity contribution in [3.8, 4) is 5.75 Å². The van der Waals surface area contributed by atoms with Gasteiger partial charge in [-0.05, 0) is 47.8 Å². The molecule has 2 rings (SSSR count). The van der Waals surface area contributed by atoms with Crippen LogP contribution in [0.25, 0.3) is 0 Å². The highest BCUT2D eigenvalue weighted by atomic mass is 79.9. The summed E-state index contributed by atoms with van der Waals surface area (Å²) in [4.78, 5) is 2.44. The van der Waals surface area contributed by atoms with E-state index in [0.29, 0.717) is 6.04 Å². The van der Waals surface area contributed by atoms with E-state index >= 15 is 0 Å². The molecule has 82 valence electrons. The predicted octanol–water partition coefficient (Wildman–Crippen LogP) is 3.45. The van der Waals surface area contributed by atoms with E-state index in [1.807, 2.05) is 6.07 Å². The quantitative estimate of drug-likeness (QED) is 0.816. The average molecular weight is 270 g/mol. The molecule has 1 saturated heterocycles. The Hall–Kier alpha value is -0.700. The van der Waals surface area contributed by atoms with Crippen LogP contribution in [0, 0.1) is 0 Å². The lowest BCUT2D eigenvalue weighted by atomic mass is 10.2. The van der Waals surface area contributed by atoms with Gasteiger partial charge in [-0.1, -0.05) is 0 Å². The lowest BCUT2D eigenvalue weighted by molar-refractivity contribution is 0.414. The number of nitrogens with zero attached hydrogens (tertiary/aromatic N) is 1. The molecule has 1 unspecified atom stereocenters. The molecule has 1 fully saturated rings. The monoisotopic (exact) mass is 269 g/mol. The van der Waals surface area contributed by atoms with Crippen molar-refractivity contribution in [3.05, 3.63) is 22.7 Å². The van der Waals surface area contributed by atoms with E-state index in [1.54, 1.807) is 7.11 Å². The Kier molecular flexibility index (Phi) is 3.19. The van der Waals surface area contributed by atoms with Gasteiger partial charge >= 0.3 is 0 Å². The molecule has 0 amide bonds. The SMILES string of the molecule is COc1ccc(Br)c(N2CCCC2C)c1. The van der Waals surface area contributed by atoms with Crippen molar-refractivity contribution in [2.24, 2.45) is 0 Å². The summed E-state index contributed by atoms with van der Waals surface area (Å²) >= 11 is 3.60. The van der Waals surface area contributed by atoms with Crippen molar-refractivity contribution < 1.29 is 4.74 Å². The molecule has 0 aliphatic carbocycles. The first-order chi connectivity index (χ1) is 7.22. The number of rotatable bonds is 2. The van der Waals surface area contributed by atoms with Crippen molar-refractivity contribution in [2.75, 3.05) is 18.6 Å². The first-order valence-electron chi connectivity index (χ1n) is 5.32. The molecule has 0 aromatic heterocycles. The Morgan fingerprint density at radius 3 is 2.87 bits per heavy atom. The molecule has 15 heavy (non-hydrogen) atoms. The van der Waals surface area contributed by atoms with Crippen LogP contribution in [0.4, 0.5) is 5.69 Å². The largest absolute Gasteiger partial charge is 0.497 e. The molecule has 1 aromatic rings. The summed E-state index contributed by atoms with van der Waals surface area (Å²) in [6, 6.07) is 6.77. The second-order valence-corrected chi connectivity index (χ2v) is 4.86. The maximum atomic E-state index is 5.26. The summed E-state index contributed by atoms with van der Waals surface area (Å²) in [5.41, 5.74) is 1.25. The summed E-state index contributed by atoms with van der Waals surface area (Å²) in [5, 5.41) is 0. The number of hydrogen-bond acceptors (Lipinski definition) is 2. The van der Waals surface area contributed by atoms with Crippen molar-refractivity contribution in [1.29, 1.82) is 0 Å². The van der Waals surface area contributed by atoms with Gasteiger partial charge in [0.15, 0.2) is 0 Å². The number of ether oxygens (including phenoxy) is 1. The Morgan fingerprint density at radius 2 is 2.27 bits per heavy atom. The summed E-state index contributed by atoms with van der Waals surface area (Å²) in [5.74, 6) is 0.923. The van der Waals surface area contributed by atoms with E-state index in [-0.39, 0.29) is 0 Å². The lowest BCUT2D eigenvalue weighted by Gasteiger charge is -2.25. The molecular weight excluding hydrogens is 254 g/mol. The van der Waals surface area contributed by atoms with Crippen molar-refractivity contribution in [1.82, 2.24) is 0 Å². The molecule has 3 heteroatoms. The van der Waals surface area contributed by atoms with Crippen LogP contribution in [0.2, 0.25) is 0 Å². The molecule has 0 bridgehead atoms. The van der Waals surface area contributed by atoms with Crippen LogP contribution in [0.1, 0.15) is 19.8 Å². The van der Waals surface area contributed by atoms with Gasteiger partial charge in [0.2, 0.25) is 0 Å². The lowest BCUT2D eigenvalue weighted by Crippen LogP contribution is -2.26. The van der Waals surface area contributed by atoms with Gasteiger partial charge in [0, 0.05) is 23.1 Å². The Bertz CT molecular complexity index is 353. The fourth-order valence-corrected chi connectivity index (χ4v) is 2.61. The zero-order chi connectivity index (χ0) is 10.8. The first-order valence-corrected chi connectivity index (χ1v) is 6.12. The second kappa shape index (κ2) is 4.44. The van der Waals surface area contributed by atoms with Gasteiger partial charge in [-0.25, -0.2) is 0 Å². The predicted molar refractivity (Wildman–Crippen MR) is 66.7 cm³/mol. The zero-order valence-electron chi connectivity index (χ0n) is 9.16. The summed E-state index contributed by atoms with van der Waals surface area (Å²) in [6.07, 6.45) is 2.56. The van der Waals surface area contributed by atoms with Gasteiger partial charge in [-0.2, -0.15) is 0 Å². The van der Waals surface area contributed by atoms with E-state index in [4.69, 9.17) is 4.74 Å². The molecule has 0 radical (unpaired) electrons.